The third kappa shape index (κ3) is 4.01. The lowest BCUT2D eigenvalue weighted by molar-refractivity contribution is 0.351. The summed E-state index contributed by atoms with van der Waals surface area (Å²) in [6.45, 7) is 0.933. The van der Waals surface area contributed by atoms with Gasteiger partial charge in [-0.25, -0.2) is 0 Å². The van der Waals surface area contributed by atoms with Crippen molar-refractivity contribution in [3.63, 3.8) is 0 Å². The molecular weight excluding hydrogens is 381 g/mol. The number of aryl methyl sites for hydroxylation is 1. The van der Waals surface area contributed by atoms with Gasteiger partial charge in [-0.05, 0) is 66.8 Å². The average molecular weight is 401 g/mol. The molecule has 1 aliphatic heterocycles. The summed E-state index contributed by atoms with van der Waals surface area (Å²) >= 11 is 18.4. The Morgan fingerprint density at radius 1 is 0.960 bits per heavy atom. The predicted octanol–water partition coefficient (Wildman–Crippen LogP) is 5.48. The fourth-order valence-electron chi connectivity index (χ4n) is 3.28. The van der Waals surface area contributed by atoms with Crippen LogP contribution in [0.3, 0.4) is 0 Å². The van der Waals surface area contributed by atoms with E-state index in [1.54, 1.807) is 20.3 Å². The largest absolute Gasteiger partial charge is 0.493 e. The van der Waals surface area contributed by atoms with Crippen molar-refractivity contribution in [3.05, 3.63) is 56.0 Å². The molecule has 6 heteroatoms. The lowest BCUT2D eigenvalue weighted by Gasteiger charge is -2.28. The quantitative estimate of drug-likeness (QED) is 0.674. The molecule has 1 N–H and O–H groups in total. The first-order valence-electron chi connectivity index (χ1n) is 8.15. The van der Waals surface area contributed by atoms with E-state index in [0.29, 0.717) is 15.1 Å². The van der Waals surface area contributed by atoms with Gasteiger partial charge in [-0.1, -0.05) is 34.8 Å². The van der Waals surface area contributed by atoms with Crippen molar-refractivity contribution in [1.82, 2.24) is 5.32 Å². The van der Waals surface area contributed by atoms with E-state index < -0.39 is 0 Å². The molecule has 2 aromatic carbocycles. The minimum absolute atomic E-state index is 0.231. The number of benzene rings is 2. The number of halogens is 3. The summed E-state index contributed by atoms with van der Waals surface area (Å²) in [7, 11) is 3.32. The van der Waals surface area contributed by atoms with Gasteiger partial charge in [0.1, 0.15) is 0 Å². The Morgan fingerprint density at radius 3 is 2.36 bits per heavy atom. The first kappa shape index (κ1) is 18.7. The monoisotopic (exact) mass is 399 g/mol. The molecule has 0 radical (unpaired) electrons. The highest BCUT2D eigenvalue weighted by Crippen LogP contribution is 2.37. The molecule has 0 spiro atoms. The molecule has 25 heavy (non-hydrogen) atoms. The summed E-state index contributed by atoms with van der Waals surface area (Å²) in [6.07, 6.45) is 2.68. The van der Waals surface area contributed by atoms with Crippen molar-refractivity contribution in [1.29, 1.82) is 0 Å². The second-order valence-corrected chi connectivity index (χ2v) is 7.28. The average Bonchev–Trinajstić information content (AvgIpc) is 2.62. The number of ether oxygens (including phenoxy) is 2. The normalized spacial score (nSPS) is 16.4. The molecule has 0 amide bonds. The van der Waals surface area contributed by atoms with Crippen molar-refractivity contribution >= 4 is 34.8 Å². The predicted molar refractivity (Wildman–Crippen MR) is 104 cm³/mol. The van der Waals surface area contributed by atoms with Crippen LogP contribution in [-0.2, 0) is 12.8 Å². The highest BCUT2D eigenvalue weighted by atomic mass is 35.5. The zero-order valence-corrected chi connectivity index (χ0v) is 16.4. The van der Waals surface area contributed by atoms with Crippen LogP contribution in [0.5, 0.6) is 11.5 Å². The zero-order valence-electron chi connectivity index (χ0n) is 14.2. The van der Waals surface area contributed by atoms with E-state index in [4.69, 9.17) is 44.3 Å². The van der Waals surface area contributed by atoms with Gasteiger partial charge in [-0.3, -0.25) is 0 Å². The van der Waals surface area contributed by atoms with Gasteiger partial charge in [-0.15, -0.1) is 0 Å². The van der Waals surface area contributed by atoms with Crippen LogP contribution in [-0.4, -0.2) is 20.8 Å². The van der Waals surface area contributed by atoms with Gasteiger partial charge in [0.25, 0.3) is 0 Å². The number of nitrogens with one attached hydrogen (secondary N) is 1. The van der Waals surface area contributed by atoms with Crippen LogP contribution in [0.4, 0.5) is 0 Å². The standard InChI is InChI=1S/C19H20Cl3NO2/c1-24-18-8-11-5-6-23-17(13(11)9-19(18)25-2)4-3-12-7-15(21)16(22)10-14(12)20/h7-10,17,23H,3-6H2,1-2H3. The van der Waals surface area contributed by atoms with Crippen LogP contribution in [0.1, 0.15) is 29.2 Å². The number of hydrogen-bond acceptors (Lipinski definition) is 3. The molecule has 1 aliphatic rings. The molecule has 1 atom stereocenters. The summed E-state index contributed by atoms with van der Waals surface area (Å²) < 4.78 is 10.9. The summed E-state index contributed by atoms with van der Waals surface area (Å²) in [5, 5.41) is 5.24. The zero-order chi connectivity index (χ0) is 18.0. The Labute approximate surface area is 163 Å². The van der Waals surface area contributed by atoms with Gasteiger partial charge < -0.3 is 14.8 Å². The topological polar surface area (TPSA) is 30.5 Å². The molecule has 0 fully saturated rings. The third-order valence-corrected chi connectivity index (χ3v) is 5.67. The lowest BCUT2D eigenvalue weighted by atomic mass is 9.90. The summed E-state index contributed by atoms with van der Waals surface area (Å²) in [6, 6.07) is 7.94. The maximum atomic E-state index is 6.31. The van der Waals surface area contributed by atoms with E-state index in [-0.39, 0.29) is 6.04 Å². The van der Waals surface area contributed by atoms with Crippen LogP contribution < -0.4 is 14.8 Å². The van der Waals surface area contributed by atoms with Crippen molar-refractivity contribution in [2.75, 3.05) is 20.8 Å². The van der Waals surface area contributed by atoms with Crippen LogP contribution in [0.2, 0.25) is 15.1 Å². The second-order valence-electron chi connectivity index (χ2n) is 6.06. The Hall–Kier alpha value is -1.13. The Kier molecular flexibility index (Phi) is 6.00. The van der Waals surface area contributed by atoms with Crippen molar-refractivity contribution < 1.29 is 9.47 Å². The molecule has 1 heterocycles. The van der Waals surface area contributed by atoms with Crippen LogP contribution in [0.15, 0.2) is 24.3 Å². The number of hydrogen-bond donors (Lipinski definition) is 1. The fourth-order valence-corrected chi connectivity index (χ4v) is 3.95. The lowest BCUT2D eigenvalue weighted by Crippen LogP contribution is -2.30. The van der Waals surface area contributed by atoms with Gasteiger partial charge in [0.15, 0.2) is 11.5 Å². The smallest absolute Gasteiger partial charge is 0.161 e. The van der Waals surface area contributed by atoms with Gasteiger partial charge in [0.2, 0.25) is 0 Å². The molecule has 0 aromatic heterocycles. The van der Waals surface area contributed by atoms with E-state index in [2.05, 4.69) is 17.4 Å². The van der Waals surface area contributed by atoms with E-state index in [1.807, 2.05) is 6.07 Å². The fraction of sp³-hybridized carbons (Fsp3) is 0.368. The maximum absolute atomic E-state index is 6.31. The summed E-state index contributed by atoms with van der Waals surface area (Å²) in [5.74, 6) is 1.52. The minimum atomic E-state index is 0.231. The van der Waals surface area contributed by atoms with Gasteiger partial charge >= 0.3 is 0 Å². The highest BCUT2D eigenvalue weighted by Gasteiger charge is 2.22. The number of rotatable bonds is 5. The molecule has 134 valence electrons. The van der Waals surface area contributed by atoms with E-state index >= 15 is 0 Å². The SMILES string of the molecule is COc1cc2c(cc1OC)C(CCc1cc(Cl)c(Cl)cc1Cl)NCC2. The van der Waals surface area contributed by atoms with Crippen molar-refractivity contribution in [2.24, 2.45) is 0 Å². The van der Waals surface area contributed by atoms with Crippen LogP contribution >= 0.6 is 34.8 Å². The van der Waals surface area contributed by atoms with E-state index in [1.165, 1.54) is 11.1 Å². The van der Waals surface area contributed by atoms with E-state index in [0.717, 1.165) is 42.9 Å². The summed E-state index contributed by atoms with van der Waals surface area (Å²) in [5.41, 5.74) is 3.55. The first-order valence-corrected chi connectivity index (χ1v) is 9.28. The Balaban J connectivity index is 1.83. The van der Waals surface area contributed by atoms with Gasteiger partial charge in [-0.2, -0.15) is 0 Å². The third-order valence-electron chi connectivity index (χ3n) is 4.60. The molecule has 1 unspecified atom stereocenters. The molecule has 3 rings (SSSR count). The minimum Gasteiger partial charge on any atom is -0.493 e. The first-order chi connectivity index (χ1) is 12.0. The van der Waals surface area contributed by atoms with Crippen LogP contribution in [0, 0.1) is 0 Å². The van der Waals surface area contributed by atoms with Crippen LogP contribution in [0.25, 0.3) is 0 Å². The Bertz CT molecular complexity index is 780. The molecular formula is C19H20Cl3NO2. The molecule has 0 saturated carbocycles. The van der Waals surface area contributed by atoms with Crippen molar-refractivity contribution in [2.45, 2.75) is 25.3 Å². The Morgan fingerprint density at radius 2 is 1.64 bits per heavy atom. The maximum Gasteiger partial charge on any atom is 0.161 e. The van der Waals surface area contributed by atoms with Crippen molar-refractivity contribution in [3.8, 4) is 11.5 Å². The highest BCUT2D eigenvalue weighted by molar-refractivity contribution is 6.43. The number of methoxy groups -OCH3 is 2. The molecule has 0 bridgehead atoms. The summed E-state index contributed by atoms with van der Waals surface area (Å²) in [4.78, 5) is 0. The molecule has 0 saturated heterocycles. The molecule has 3 nitrogen and oxygen atoms in total. The molecule has 2 aromatic rings. The second kappa shape index (κ2) is 8.05. The number of fused-ring (bicyclic) bond motifs is 1. The molecule has 0 aliphatic carbocycles. The van der Waals surface area contributed by atoms with Gasteiger partial charge in [0.05, 0.1) is 24.3 Å². The van der Waals surface area contributed by atoms with E-state index in [9.17, 15) is 0 Å². The van der Waals surface area contributed by atoms with Gasteiger partial charge in [0, 0.05) is 11.1 Å².